The number of aromatic nitrogens is 1. The maximum absolute atomic E-state index is 12.6. The number of nitrogens with zero attached hydrogens (tertiary/aromatic N) is 1. The van der Waals surface area contributed by atoms with Crippen molar-refractivity contribution < 1.29 is 17.9 Å². The standard InChI is InChI=1S/C9H11F3N2OS/c1-3-16(13)6-4-5-14-8(7(6)15-2)9(10,11)12/h4-5,13H,3H2,1-2H3. The van der Waals surface area contributed by atoms with Gasteiger partial charge < -0.3 is 4.74 Å². The molecule has 0 aliphatic rings. The summed E-state index contributed by atoms with van der Waals surface area (Å²) in [5.41, 5.74) is -1.06. The summed E-state index contributed by atoms with van der Waals surface area (Å²) in [7, 11) is 0.143. The summed E-state index contributed by atoms with van der Waals surface area (Å²) < 4.78 is 50.1. The van der Waals surface area contributed by atoms with Gasteiger partial charge in [-0.3, -0.25) is 4.78 Å². The molecule has 1 aromatic rings. The second kappa shape index (κ2) is 4.82. The van der Waals surface area contributed by atoms with Crippen LogP contribution in [0.2, 0.25) is 0 Å². The molecule has 0 amide bonds. The van der Waals surface area contributed by atoms with Crippen LogP contribution in [0.5, 0.6) is 5.75 Å². The molecule has 7 heteroatoms. The molecule has 1 atom stereocenters. The zero-order valence-corrected chi connectivity index (χ0v) is 9.58. The first-order valence-corrected chi connectivity index (χ1v) is 5.83. The molecule has 0 aromatic carbocycles. The van der Waals surface area contributed by atoms with Crippen molar-refractivity contribution in [1.29, 1.82) is 4.78 Å². The van der Waals surface area contributed by atoms with Crippen LogP contribution in [0.3, 0.4) is 0 Å². The van der Waals surface area contributed by atoms with Crippen LogP contribution < -0.4 is 4.74 Å². The fraction of sp³-hybridized carbons (Fsp3) is 0.444. The third-order valence-electron chi connectivity index (χ3n) is 1.90. The fourth-order valence-corrected chi connectivity index (χ4v) is 2.12. The van der Waals surface area contributed by atoms with Crippen molar-refractivity contribution in [2.45, 2.75) is 18.0 Å². The van der Waals surface area contributed by atoms with Gasteiger partial charge in [-0.05, 0) is 6.07 Å². The molecule has 0 saturated heterocycles. The van der Waals surface area contributed by atoms with Crippen LogP contribution in [-0.2, 0) is 16.9 Å². The van der Waals surface area contributed by atoms with Gasteiger partial charge in [-0.2, -0.15) is 13.2 Å². The third kappa shape index (κ3) is 2.52. The number of pyridine rings is 1. The van der Waals surface area contributed by atoms with Crippen molar-refractivity contribution in [2.24, 2.45) is 0 Å². The fourth-order valence-electron chi connectivity index (χ4n) is 1.18. The Hall–Kier alpha value is -1.11. The first-order valence-electron chi connectivity index (χ1n) is 4.44. The minimum Gasteiger partial charge on any atom is -0.493 e. The van der Waals surface area contributed by atoms with Crippen molar-refractivity contribution in [3.05, 3.63) is 18.0 Å². The van der Waals surface area contributed by atoms with Gasteiger partial charge in [0, 0.05) is 11.9 Å². The van der Waals surface area contributed by atoms with Gasteiger partial charge in [0.05, 0.1) is 12.0 Å². The average molecular weight is 252 g/mol. The van der Waals surface area contributed by atoms with E-state index in [0.717, 1.165) is 13.3 Å². The van der Waals surface area contributed by atoms with Crippen LogP contribution in [0, 0.1) is 4.78 Å². The van der Waals surface area contributed by atoms with Crippen molar-refractivity contribution >= 4 is 10.7 Å². The number of hydrogen-bond donors (Lipinski definition) is 1. The molecule has 0 aliphatic carbocycles. The minimum atomic E-state index is -4.56. The molecule has 16 heavy (non-hydrogen) atoms. The lowest BCUT2D eigenvalue weighted by atomic mass is 10.3. The predicted molar refractivity (Wildman–Crippen MR) is 54.7 cm³/mol. The Labute approximate surface area is 93.5 Å². The third-order valence-corrected chi connectivity index (χ3v) is 3.32. The molecule has 1 heterocycles. The molecule has 0 saturated carbocycles. The van der Waals surface area contributed by atoms with E-state index in [1.54, 1.807) is 6.92 Å². The topological polar surface area (TPSA) is 46.0 Å². The number of rotatable bonds is 3. The van der Waals surface area contributed by atoms with Gasteiger partial charge in [-0.25, -0.2) is 4.98 Å². The Morgan fingerprint density at radius 1 is 1.50 bits per heavy atom. The van der Waals surface area contributed by atoms with E-state index in [4.69, 9.17) is 9.52 Å². The molecule has 1 aromatic heterocycles. The van der Waals surface area contributed by atoms with Crippen molar-refractivity contribution in [2.75, 3.05) is 12.9 Å². The molecule has 0 aliphatic heterocycles. The summed E-state index contributed by atoms with van der Waals surface area (Å²) in [5.74, 6) is 0.104. The van der Waals surface area contributed by atoms with Gasteiger partial charge in [0.25, 0.3) is 0 Å². The van der Waals surface area contributed by atoms with E-state index < -0.39 is 22.6 Å². The lowest BCUT2D eigenvalue weighted by molar-refractivity contribution is -0.142. The highest BCUT2D eigenvalue weighted by Crippen LogP contribution is 2.37. The van der Waals surface area contributed by atoms with Gasteiger partial charge in [-0.1, -0.05) is 17.6 Å². The Morgan fingerprint density at radius 2 is 2.12 bits per heavy atom. The number of alkyl halides is 3. The lowest BCUT2D eigenvalue weighted by Crippen LogP contribution is -2.12. The lowest BCUT2D eigenvalue weighted by Gasteiger charge is -2.14. The number of halogens is 3. The van der Waals surface area contributed by atoms with Crippen molar-refractivity contribution in [3.63, 3.8) is 0 Å². The Kier molecular flexibility index (Phi) is 3.90. The van der Waals surface area contributed by atoms with Gasteiger partial charge >= 0.3 is 6.18 Å². The monoisotopic (exact) mass is 252 g/mol. The molecule has 1 N–H and O–H groups in total. The van der Waals surface area contributed by atoms with E-state index in [1.807, 2.05) is 0 Å². The molecular formula is C9H11F3N2OS. The smallest absolute Gasteiger partial charge is 0.437 e. The van der Waals surface area contributed by atoms with Gasteiger partial charge in [0.2, 0.25) is 0 Å². The van der Waals surface area contributed by atoms with E-state index in [-0.39, 0.29) is 10.6 Å². The van der Waals surface area contributed by atoms with Crippen LogP contribution >= 0.6 is 0 Å². The van der Waals surface area contributed by atoms with Crippen molar-refractivity contribution in [1.82, 2.24) is 4.98 Å². The van der Waals surface area contributed by atoms with Gasteiger partial charge in [-0.15, -0.1) is 0 Å². The largest absolute Gasteiger partial charge is 0.493 e. The highest BCUT2D eigenvalue weighted by molar-refractivity contribution is 7.86. The highest BCUT2D eigenvalue weighted by Gasteiger charge is 2.37. The zero-order chi connectivity index (χ0) is 12.3. The number of hydrogen-bond acceptors (Lipinski definition) is 3. The first kappa shape index (κ1) is 13.0. The van der Waals surface area contributed by atoms with Crippen LogP contribution in [0.4, 0.5) is 13.2 Å². The van der Waals surface area contributed by atoms with Crippen LogP contribution in [-0.4, -0.2) is 17.8 Å². The van der Waals surface area contributed by atoms with Crippen molar-refractivity contribution in [3.8, 4) is 5.75 Å². The first-order chi connectivity index (χ1) is 7.41. The quantitative estimate of drug-likeness (QED) is 0.899. The SMILES string of the molecule is CCS(=N)c1ccnc(C(F)(F)F)c1OC. The van der Waals surface area contributed by atoms with Crippen LogP contribution in [0.25, 0.3) is 0 Å². The molecule has 90 valence electrons. The van der Waals surface area contributed by atoms with Gasteiger partial charge in [0.15, 0.2) is 11.4 Å². The minimum absolute atomic E-state index is 0.243. The van der Waals surface area contributed by atoms with Gasteiger partial charge in [0.1, 0.15) is 0 Å². The summed E-state index contributed by atoms with van der Waals surface area (Å²) in [6, 6.07) is 1.40. The molecule has 1 unspecified atom stereocenters. The van der Waals surface area contributed by atoms with E-state index in [0.29, 0.717) is 5.75 Å². The normalized spacial score (nSPS) is 13.6. The summed E-state index contributed by atoms with van der Waals surface area (Å²) in [6.45, 7) is 1.74. The predicted octanol–water partition coefficient (Wildman–Crippen LogP) is 2.87. The van der Waals surface area contributed by atoms with E-state index in [2.05, 4.69) is 4.98 Å². The highest BCUT2D eigenvalue weighted by atomic mass is 32.2. The Bertz CT molecular complexity index is 406. The number of ether oxygens (including phenoxy) is 1. The molecule has 0 fully saturated rings. The second-order valence-corrected chi connectivity index (χ2v) is 4.67. The summed E-state index contributed by atoms with van der Waals surface area (Å²) >= 11 is 0. The van der Waals surface area contributed by atoms with Crippen LogP contribution in [0.1, 0.15) is 12.6 Å². The average Bonchev–Trinajstić information content (AvgIpc) is 2.25. The van der Waals surface area contributed by atoms with E-state index in [9.17, 15) is 13.2 Å². The summed E-state index contributed by atoms with van der Waals surface area (Å²) in [6.07, 6.45) is -3.50. The maximum atomic E-state index is 12.6. The van der Waals surface area contributed by atoms with E-state index >= 15 is 0 Å². The number of methoxy groups -OCH3 is 1. The summed E-state index contributed by atoms with van der Waals surface area (Å²) in [5, 5.41) is 0. The summed E-state index contributed by atoms with van der Waals surface area (Å²) in [4.78, 5) is 3.51. The molecule has 3 nitrogen and oxygen atoms in total. The molecular weight excluding hydrogens is 241 g/mol. The molecule has 0 radical (unpaired) electrons. The zero-order valence-electron chi connectivity index (χ0n) is 8.76. The van der Waals surface area contributed by atoms with E-state index in [1.165, 1.54) is 6.07 Å². The molecule has 0 bridgehead atoms. The second-order valence-electron chi connectivity index (χ2n) is 2.87. The molecule has 0 spiro atoms. The van der Waals surface area contributed by atoms with Crippen LogP contribution in [0.15, 0.2) is 17.2 Å². The number of nitrogens with one attached hydrogen (secondary N) is 1. The maximum Gasteiger partial charge on any atom is 0.437 e. The Morgan fingerprint density at radius 3 is 2.56 bits per heavy atom. The Balaban J connectivity index is 3.38. The molecule has 1 rings (SSSR count).